The van der Waals surface area contributed by atoms with Gasteiger partial charge >= 0.3 is 6.09 Å². The van der Waals surface area contributed by atoms with E-state index in [2.05, 4.69) is 10.2 Å². The Bertz CT molecular complexity index is 899. The van der Waals surface area contributed by atoms with Gasteiger partial charge in [0.2, 0.25) is 5.90 Å². The molecular weight excluding hydrogens is 394 g/mol. The highest BCUT2D eigenvalue weighted by Crippen LogP contribution is 2.22. The zero-order valence-electron chi connectivity index (χ0n) is 16.9. The molecule has 8 heteroatoms. The van der Waals surface area contributed by atoms with E-state index in [4.69, 9.17) is 25.9 Å². The van der Waals surface area contributed by atoms with Crippen molar-refractivity contribution < 1.29 is 19.1 Å². The van der Waals surface area contributed by atoms with Crippen LogP contribution in [-0.2, 0) is 20.9 Å². The maximum Gasteiger partial charge on any atom is 0.438 e. The van der Waals surface area contributed by atoms with E-state index in [0.717, 1.165) is 16.2 Å². The Morgan fingerprint density at radius 3 is 2.55 bits per heavy atom. The first-order valence-electron chi connectivity index (χ1n) is 9.02. The van der Waals surface area contributed by atoms with Crippen LogP contribution < -0.4 is 5.06 Å². The molecule has 0 bridgehead atoms. The van der Waals surface area contributed by atoms with Crippen molar-refractivity contribution in [2.75, 3.05) is 18.8 Å². The number of carbonyl (C=O) groups excluding carboxylic acids is 1. The Kier molecular flexibility index (Phi) is 8.64. The Labute approximate surface area is 175 Å². The number of hydroxylamine groups is 1. The second-order valence-corrected chi connectivity index (χ2v) is 6.35. The number of carbonyl (C=O) groups is 1. The summed E-state index contributed by atoms with van der Waals surface area (Å²) in [6.45, 7) is 5.82. The summed E-state index contributed by atoms with van der Waals surface area (Å²) in [4.78, 5) is 17.4. The standard InChI is InChI=1S/C21H24ClN3O4/c1-5-29-25(21(26)27-4)20-12-7-6-9-18(20)14-28-16(3)24-23-15(2)17-10-8-11-19(22)13-17/h6-13H,5,14H2,1-4H3/b23-15+,24-16+. The Morgan fingerprint density at radius 2 is 1.86 bits per heavy atom. The third kappa shape index (κ3) is 6.58. The summed E-state index contributed by atoms with van der Waals surface area (Å²) in [5.41, 5.74) is 2.86. The molecule has 0 heterocycles. The van der Waals surface area contributed by atoms with Crippen LogP contribution in [0.4, 0.5) is 10.5 Å². The van der Waals surface area contributed by atoms with Crippen LogP contribution in [0.25, 0.3) is 0 Å². The minimum atomic E-state index is -0.619. The van der Waals surface area contributed by atoms with Gasteiger partial charge in [-0.3, -0.25) is 4.84 Å². The van der Waals surface area contributed by atoms with E-state index in [1.165, 1.54) is 7.11 Å². The van der Waals surface area contributed by atoms with Gasteiger partial charge in [0.15, 0.2) is 0 Å². The minimum absolute atomic E-state index is 0.178. The van der Waals surface area contributed by atoms with Gasteiger partial charge in [-0.15, -0.1) is 5.10 Å². The first-order chi connectivity index (χ1) is 14.0. The first kappa shape index (κ1) is 22.4. The monoisotopic (exact) mass is 417 g/mol. The maximum absolute atomic E-state index is 12.0. The smallest absolute Gasteiger partial charge is 0.438 e. The Balaban J connectivity index is 2.12. The fourth-order valence-corrected chi connectivity index (χ4v) is 2.58. The number of anilines is 1. The summed E-state index contributed by atoms with van der Waals surface area (Å²) in [6.07, 6.45) is -0.619. The molecule has 7 nitrogen and oxygen atoms in total. The number of rotatable bonds is 7. The minimum Gasteiger partial charge on any atom is -0.475 e. The van der Waals surface area contributed by atoms with Gasteiger partial charge in [0.25, 0.3) is 0 Å². The molecule has 0 fully saturated rings. The maximum atomic E-state index is 12.0. The molecule has 0 atom stereocenters. The summed E-state index contributed by atoms with van der Waals surface area (Å²) in [5, 5.41) is 10.0. The number of nitrogens with zero attached hydrogens (tertiary/aromatic N) is 3. The van der Waals surface area contributed by atoms with E-state index in [1.54, 1.807) is 32.0 Å². The normalized spacial score (nSPS) is 11.9. The van der Waals surface area contributed by atoms with Crippen molar-refractivity contribution in [2.45, 2.75) is 27.4 Å². The van der Waals surface area contributed by atoms with Gasteiger partial charge in [0.05, 0.1) is 25.1 Å². The fraction of sp³-hybridized carbons (Fsp3) is 0.286. The molecule has 2 rings (SSSR count). The SMILES string of the molecule is CCON(C(=O)OC)c1ccccc1CO/C(C)=N/N=C(\C)c1cccc(Cl)c1. The third-order valence-electron chi connectivity index (χ3n) is 3.83. The number of para-hydroxylation sites is 1. The number of amides is 1. The molecule has 0 aliphatic carbocycles. The van der Waals surface area contributed by atoms with Crippen LogP contribution in [0.2, 0.25) is 5.02 Å². The summed E-state index contributed by atoms with van der Waals surface area (Å²) in [7, 11) is 1.30. The molecule has 0 radical (unpaired) electrons. The van der Waals surface area contributed by atoms with Crippen molar-refractivity contribution in [1.29, 1.82) is 0 Å². The van der Waals surface area contributed by atoms with Crippen LogP contribution in [-0.4, -0.2) is 31.4 Å². The largest absolute Gasteiger partial charge is 0.475 e. The molecule has 0 saturated heterocycles. The molecule has 0 aliphatic heterocycles. The number of halogens is 1. The molecule has 154 valence electrons. The van der Waals surface area contributed by atoms with Gasteiger partial charge in [0, 0.05) is 17.5 Å². The molecule has 0 spiro atoms. The topological polar surface area (TPSA) is 72.7 Å². The second kappa shape index (κ2) is 11.2. The van der Waals surface area contributed by atoms with Gasteiger partial charge in [-0.2, -0.15) is 10.2 Å². The summed E-state index contributed by atoms with van der Waals surface area (Å²) in [5.74, 6) is 0.377. The molecule has 0 N–H and O–H groups in total. The number of hydrogen-bond acceptors (Lipinski definition) is 6. The lowest BCUT2D eigenvalue weighted by atomic mass is 10.1. The third-order valence-corrected chi connectivity index (χ3v) is 4.06. The zero-order chi connectivity index (χ0) is 21.2. The van der Waals surface area contributed by atoms with Gasteiger partial charge < -0.3 is 9.47 Å². The molecule has 2 aromatic rings. The Hall–Kier alpha value is -2.90. The lowest BCUT2D eigenvalue weighted by Gasteiger charge is -2.22. The molecule has 2 aromatic carbocycles. The van der Waals surface area contributed by atoms with Crippen molar-refractivity contribution >= 4 is 35.0 Å². The van der Waals surface area contributed by atoms with Gasteiger partial charge in [-0.25, -0.2) is 4.79 Å². The molecule has 1 amide bonds. The van der Waals surface area contributed by atoms with Crippen LogP contribution in [0.5, 0.6) is 0 Å². The molecule has 0 aromatic heterocycles. The lowest BCUT2D eigenvalue weighted by molar-refractivity contribution is 0.0916. The highest BCUT2D eigenvalue weighted by atomic mass is 35.5. The Morgan fingerprint density at radius 1 is 1.10 bits per heavy atom. The van der Waals surface area contributed by atoms with Crippen molar-refractivity contribution in [3.05, 3.63) is 64.7 Å². The zero-order valence-corrected chi connectivity index (χ0v) is 17.6. The summed E-state index contributed by atoms with van der Waals surface area (Å²) < 4.78 is 10.5. The predicted molar refractivity (Wildman–Crippen MR) is 115 cm³/mol. The van der Waals surface area contributed by atoms with E-state index >= 15 is 0 Å². The van der Waals surface area contributed by atoms with Gasteiger partial charge in [0.1, 0.15) is 6.61 Å². The quantitative estimate of drug-likeness (QED) is 0.351. The first-order valence-corrected chi connectivity index (χ1v) is 9.40. The number of benzene rings is 2. The molecule has 29 heavy (non-hydrogen) atoms. The molecule has 0 aliphatic rings. The van der Waals surface area contributed by atoms with Crippen molar-refractivity contribution in [3.63, 3.8) is 0 Å². The van der Waals surface area contributed by atoms with E-state index in [9.17, 15) is 4.79 Å². The van der Waals surface area contributed by atoms with Crippen molar-refractivity contribution in [3.8, 4) is 0 Å². The van der Waals surface area contributed by atoms with Crippen molar-refractivity contribution in [2.24, 2.45) is 10.2 Å². The fourth-order valence-electron chi connectivity index (χ4n) is 2.39. The highest BCUT2D eigenvalue weighted by molar-refractivity contribution is 6.31. The number of methoxy groups -OCH3 is 1. The second-order valence-electron chi connectivity index (χ2n) is 5.91. The average Bonchev–Trinajstić information content (AvgIpc) is 2.74. The van der Waals surface area contributed by atoms with E-state index in [0.29, 0.717) is 28.9 Å². The lowest BCUT2D eigenvalue weighted by Crippen LogP contribution is -2.31. The van der Waals surface area contributed by atoms with E-state index in [1.807, 2.05) is 37.3 Å². The van der Waals surface area contributed by atoms with Gasteiger partial charge in [-0.05, 0) is 37.6 Å². The molecular formula is C21H24ClN3O4. The van der Waals surface area contributed by atoms with E-state index < -0.39 is 6.09 Å². The average molecular weight is 418 g/mol. The summed E-state index contributed by atoms with van der Waals surface area (Å²) in [6, 6.07) is 14.6. The van der Waals surface area contributed by atoms with E-state index in [-0.39, 0.29) is 6.61 Å². The van der Waals surface area contributed by atoms with Crippen molar-refractivity contribution in [1.82, 2.24) is 0 Å². The highest BCUT2D eigenvalue weighted by Gasteiger charge is 2.20. The van der Waals surface area contributed by atoms with Gasteiger partial charge in [-0.1, -0.05) is 41.9 Å². The summed E-state index contributed by atoms with van der Waals surface area (Å²) >= 11 is 6.00. The van der Waals surface area contributed by atoms with Crippen LogP contribution in [0, 0.1) is 0 Å². The number of ether oxygens (including phenoxy) is 2. The van der Waals surface area contributed by atoms with Crippen LogP contribution in [0.15, 0.2) is 58.7 Å². The number of hydrogen-bond donors (Lipinski definition) is 0. The molecule has 0 unspecified atom stereocenters. The predicted octanol–water partition coefficient (Wildman–Crippen LogP) is 5.22. The molecule has 0 saturated carbocycles. The van der Waals surface area contributed by atoms with Crippen LogP contribution >= 0.6 is 11.6 Å². The van der Waals surface area contributed by atoms with Crippen LogP contribution in [0.1, 0.15) is 31.9 Å². The van der Waals surface area contributed by atoms with Crippen LogP contribution in [0.3, 0.4) is 0 Å².